The fraction of sp³-hybridized carbons (Fsp3) is 0.833. The number of ketones is 1. The molecule has 0 fully saturated rings. The number of carbonyl (C=O) groups excluding carboxylic acids is 2. The number of hydrogen-bond acceptors (Lipinski definition) is 3. The summed E-state index contributed by atoms with van der Waals surface area (Å²) >= 11 is 0. The number of aliphatic carboxylic acids is 1. The molecule has 0 aliphatic heterocycles. The molecule has 1 amide bonds. The largest absolute Gasteiger partial charge is 0.481 e. The molecule has 0 bridgehead atoms. The summed E-state index contributed by atoms with van der Waals surface area (Å²) < 4.78 is 0. The van der Waals surface area contributed by atoms with E-state index in [1.54, 1.807) is 0 Å². The van der Waals surface area contributed by atoms with Gasteiger partial charge in [-0.2, -0.15) is 0 Å². The smallest absolute Gasteiger partial charge is 0.304 e. The number of Topliss-reactive ketones (excluding diaryl/α,β-unsaturated/α-hetero) is 1. The average Bonchev–Trinajstić information content (AvgIpc) is 2.36. The maximum Gasteiger partial charge on any atom is 0.304 e. The van der Waals surface area contributed by atoms with Crippen LogP contribution in [0.1, 0.15) is 73.6 Å². The fourth-order valence-electron chi connectivity index (χ4n) is 2.26. The van der Waals surface area contributed by atoms with Crippen molar-refractivity contribution in [3.05, 3.63) is 0 Å². The number of rotatable bonds is 9. The van der Waals surface area contributed by atoms with Gasteiger partial charge < -0.3 is 10.4 Å². The van der Waals surface area contributed by atoms with Crippen molar-refractivity contribution < 1.29 is 19.5 Å². The lowest BCUT2D eigenvalue weighted by atomic mass is 9.78. The van der Waals surface area contributed by atoms with Crippen molar-refractivity contribution in [3.8, 4) is 0 Å². The monoisotopic (exact) mass is 327 g/mol. The summed E-state index contributed by atoms with van der Waals surface area (Å²) in [7, 11) is 0. The predicted molar refractivity (Wildman–Crippen MR) is 91.1 cm³/mol. The van der Waals surface area contributed by atoms with E-state index in [4.69, 9.17) is 5.11 Å². The van der Waals surface area contributed by atoms with Crippen LogP contribution in [0.15, 0.2) is 0 Å². The van der Waals surface area contributed by atoms with Crippen molar-refractivity contribution in [1.29, 1.82) is 0 Å². The molecule has 0 aliphatic carbocycles. The van der Waals surface area contributed by atoms with Gasteiger partial charge in [-0.1, -0.05) is 48.0 Å². The summed E-state index contributed by atoms with van der Waals surface area (Å²) in [6.45, 7) is 11.9. The van der Waals surface area contributed by atoms with Gasteiger partial charge in [0, 0.05) is 18.4 Å². The first-order valence-corrected chi connectivity index (χ1v) is 8.38. The summed E-state index contributed by atoms with van der Waals surface area (Å²) in [6, 6.07) is 0. The number of hydrogen-bond donors (Lipinski definition) is 2. The first kappa shape index (κ1) is 21.6. The lowest BCUT2D eigenvalue weighted by Crippen LogP contribution is -2.39. The Balaban J connectivity index is 4.10. The third kappa shape index (κ3) is 9.36. The van der Waals surface area contributed by atoms with E-state index in [1.807, 2.05) is 41.5 Å². The molecule has 0 aromatic carbocycles. The Morgan fingerprint density at radius 3 is 1.96 bits per heavy atom. The van der Waals surface area contributed by atoms with E-state index in [2.05, 4.69) is 5.32 Å². The molecule has 0 heterocycles. The van der Waals surface area contributed by atoms with Gasteiger partial charge in [-0.3, -0.25) is 14.4 Å². The summed E-state index contributed by atoms with van der Waals surface area (Å²) in [5, 5.41) is 11.8. The third-order valence-corrected chi connectivity index (χ3v) is 3.96. The number of nitrogens with one attached hydrogen (secondary N) is 1. The van der Waals surface area contributed by atoms with Gasteiger partial charge in [0.25, 0.3) is 0 Å². The molecule has 0 aromatic rings. The lowest BCUT2D eigenvalue weighted by molar-refractivity contribution is -0.143. The van der Waals surface area contributed by atoms with Crippen LogP contribution in [0.5, 0.6) is 0 Å². The van der Waals surface area contributed by atoms with E-state index >= 15 is 0 Å². The van der Waals surface area contributed by atoms with E-state index in [0.717, 1.165) is 19.3 Å². The minimum absolute atomic E-state index is 0.157. The molecule has 134 valence electrons. The van der Waals surface area contributed by atoms with Gasteiger partial charge in [0.1, 0.15) is 5.78 Å². The van der Waals surface area contributed by atoms with Crippen molar-refractivity contribution in [2.75, 3.05) is 6.54 Å². The standard InChI is InChI=1S/C18H33NO4/c1-17(2,3)13(12-15(21)22)16(23)19-11-9-7-8-10-14(20)18(4,5)6/h13H,7-12H2,1-6H3,(H,19,23)(H,21,22). The van der Waals surface area contributed by atoms with Gasteiger partial charge in [-0.15, -0.1) is 0 Å². The quantitative estimate of drug-likeness (QED) is 0.636. The zero-order valence-electron chi connectivity index (χ0n) is 15.5. The minimum atomic E-state index is -0.958. The Bertz CT molecular complexity index is 416. The Morgan fingerprint density at radius 1 is 0.957 bits per heavy atom. The molecule has 0 saturated carbocycles. The van der Waals surface area contributed by atoms with E-state index in [0.29, 0.717) is 13.0 Å². The van der Waals surface area contributed by atoms with Crippen LogP contribution in [-0.4, -0.2) is 29.3 Å². The van der Waals surface area contributed by atoms with Crippen molar-refractivity contribution in [1.82, 2.24) is 5.32 Å². The maximum atomic E-state index is 12.2. The highest BCUT2D eigenvalue weighted by molar-refractivity contribution is 5.84. The minimum Gasteiger partial charge on any atom is -0.481 e. The van der Waals surface area contributed by atoms with E-state index in [9.17, 15) is 14.4 Å². The molecule has 1 atom stereocenters. The molecular formula is C18H33NO4. The third-order valence-electron chi connectivity index (χ3n) is 3.96. The molecule has 0 saturated heterocycles. The van der Waals surface area contributed by atoms with Crippen molar-refractivity contribution in [2.45, 2.75) is 73.6 Å². The van der Waals surface area contributed by atoms with Gasteiger partial charge in [-0.05, 0) is 18.3 Å². The lowest BCUT2D eigenvalue weighted by Gasteiger charge is -2.28. The Hall–Kier alpha value is -1.39. The fourth-order valence-corrected chi connectivity index (χ4v) is 2.26. The molecule has 0 rings (SSSR count). The zero-order chi connectivity index (χ0) is 18.3. The van der Waals surface area contributed by atoms with Gasteiger partial charge in [-0.25, -0.2) is 0 Å². The average molecular weight is 327 g/mol. The summed E-state index contributed by atoms with van der Waals surface area (Å²) in [5.74, 6) is -1.44. The second-order valence-corrected chi connectivity index (χ2v) is 8.29. The van der Waals surface area contributed by atoms with E-state index < -0.39 is 11.9 Å². The molecule has 23 heavy (non-hydrogen) atoms. The molecule has 5 heteroatoms. The number of amides is 1. The van der Waals surface area contributed by atoms with Crippen molar-refractivity contribution in [3.63, 3.8) is 0 Å². The molecule has 0 aromatic heterocycles. The Labute approximate surface area is 140 Å². The summed E-state index contributed by atoms with van der Waals surface area (Å²) in [4.78, 5) is 34.9. The molecule has 0 radical (unpaired) electrons. The Morgan fingerprint density at radius 2 is 1.52 bits per heavy atom. The summed E-state index contributed by atoms with van der Waals surface area (Å²) in [6.07, 6.45) is 2.91. The number of carboxylic acids is 1. The second kappa shape index (κ2) is 9.04. The van der Waals surface area contributed by atoms with Crippen LogP contribution < -0.4 is 5.32 Å². The van der Waals surface area contributed by atoms with Gasteiger partial charge >= 0.3 is 5.97 Å². The van der Waals surface area contributed by atoms with Gasteiger partial charge in [0.15, 0.2) is 0 Å². The second-order valence-electron chi connectivity index (χ2n) is 8.29. The predicted octanol–water partition coefficient (Wildman–Crippen LogP) is 3.42. The van der Waals surface area contributed by atoms with Crippen LogP contribution in [0.25, 0.3) is 0 Å². The zero-order valence-corrected chi connectivity index (χ0v) is 15.5. The van der Waals surface area contributed by atoms with Crippen molar-refractivity contribution >= 4 is 17.7 Å². The maximum absolute atomic E-state index is 12.2. The SMILES string of the molecule is CC(C)(C)C(=O)CCCCCNC(=O)C(CC(=O)O)C(C)(C)C. The molecular weight excluding hydrogens is 294 g/mol. The van der Waals surface area contributed by atoms with Crippen LogP contribution in [-0.2, 0) is 14.4 Å². The number of carboxylic acid groups (broad SMARTS) is 1. The van der Waals surface area contributed by atoms with Crippen molar-refractivity contribution in [2.24, 2.45) is 16.7 Å². The first-order valence-electron chi connectivity index (χ1n) is 8.38. The number of unbranched alkanes of at least 4 members (excludes halogenated alkanes) is 2. The van der Waals surface area contributed by atoms with Crippen LogP contribution in [0.3, 0.4) is 0 Å². The van der Waals surface area contributed by atoms with Crippen LogP contribution in [0, 0.1) is 16.7 Å². The van der Waals surface area contributed by atoms with E-state index in [-0.39, 0.29) is 28.9 Å². The molecule has 0 spiro atoms. The van der Waals surface area contributed by atoms with Crippen LogP contribution >= 0.6 is 0 Å². The van der Waals surface area contributed by atoms with Crippen LogP contribution in [0.4, 0.5) is 0 Å². The summed E-state index contributed by atoms with van der Waals surface area (Å²) in [5.41, 5.74) is -0.674. The normalized spacial score (nSPS) is 13.5. The highest BCUT2D eigenvalue weighted by Crippen LogP contribution is 2.29. The van der Waals surface area contributed by atoms with Crippen LogP contribution in [0.2, 0.25) is 0 Å². The topological polar surface area (TPSA) is 83.5 Å². The van der Waals surface area contributed by atoms with E-state index in [1.165, 1.54) is 0 Å². The highest BCUT2D eigenvalue weighted by Gasteiger charge is 2.32. The first-order chi connectivity index (χ1) is 10.4. The van der Waals surface area contributed by atoms with Gasteiger partial charge in [0.05, 0.1) is 12.3 Å². The van der Waals surface area contributed by atoms with Gasteiger partial charge in [0.2, 0.25) is 5.91 Å². The molecule has 0 aliphatic rings. The Kier molecular flexibility index (Phi) is 8.49. The highest BCUT2D eigenvalue weighted by atomic mass is 16.4. The molecule has 1 unspecified atom stereocenters. The molecule has 2 N–H and O–H groups in total. The number of carbonyl (C=O) groups is 3. The molecule has 5 nitrogen and oxygen atoms in total.